The van der Waals surface area contributed by atoms with Gasteiger partial charge >= 0.3 is 0 Å². The number of benzene rings is 1. The van der Waals surface area contributed by atoms with E-state index in [4.69, 9.17) is 4.52 Å². The van der Waals surface area contributed by atoms with Crippen LogP contribution in [-0.4, -0.2) is 47.2 Å². The van der Waals surface area contributed by atoms with Crippen molar-refractivity contribution in [1.82, 2.24) is 15.1 Å². The van der Waals surface area contributed by atoms with E-state index < -0.39 is 0 Å². The number of anilines is 3. The molecule has 28 heavy (non-hydrogen) atoms. The Kier molecular flexibility index (Phi) is 4.88. The van der Waals surface area contributed by atoms with Crippen molar-refractivity contribution >= 4 is 23.4 Å². The van der Waals surface area contributed by atoms with Crippen molar-refractivity contribution in [2.24, 2.45) is 0 Å². The van der Waals surface area contributed by atoms with E-state index in [0.29, 0.717) is 49.4 Å². The molecule has 0 atom stereocenters. The molecule has 1 saturated heterocycles. The Morgan fingerprint density at radius 2 is 1.89 bits per heavy atom. The van der Waals surface area contributed by atoms with E-state index in [2.05, 4.69) is 20.4 Å². The molecular weight excluding hydrogens is 363 g/mol. The molecule has 144 valence electrons. The predicted octanol–water partition coefficient (Wildman–Crippen LogP) is 2.49. The summed E-state index contributed by atoms with van der Waals surface area (Å²) in [5.41, 5.74) is 0.835. The second-order valence-electron chi connectivity index (χ2n) is 6.44. The molecule has 0 spiro atoms. The van der Waals surface area contributed by atoms with Crippen molar-refractivity contribution < 1.29 is 13.7 Å². The lowest BCUT2D eigenvalue weighted by Gasteiger charge is -2.36. The Morgan fingerprint density at radius 3 is 2.61 bits per heavy atom. The smallest absolute Gasteiger partial charge is 0.275 e. The van der Waals surface area contributed by atoms with Crippen LogP contribution in [0.3, 0.4) is 0 Å². The highest BCUT2D eigenvalue weighted by atomic mass is 19.1. The average Bonchev–Trinajstić information content (AvgIpc) is 3.13. The first-order valence-electron chi connectivity index (χ1n) is 8.92. The molecule has 1 fully saturated rings. The summed E-state index contributed by atoms with van der Waals surface area (Å²) in [6, 6.07) is 9.91. The number of halogens is 1. The molecule has 0 radical (unpaired) electrons. The van der Waals surface area contributed by atoms with Gasteiger partial charge in [0.25, 0.3) is 5.91 Å². The quantitative estimate of drug-likeness (QED) is 0.742. The zero-order valence-corrected chi connectivity index (χ0v) is 15.3. The summed E-state index contributed by atoms with van der Waals surface area (Å²) in [6.45, 7) is 4.27. The molecule has 8 nitrogen and oxygen atoms in total. The fourth-order valence-electron chi connectivity index (χ4n) is 3.09. The molecule has 0 unspecified atom stereocenters. The average molecular weight is 382 g/mol. The van der Waals surface area contributed by atoms with Crippen molar-refractivity contribution in [2.75, 3.05) is 41.3 Å². The molecule has 0 saturated carbocycles. The van der Waals surface area contributed by atoms with Crippen LogP contribution in [0.5, 0.6) is 0 Å². The van der Waals surface area contributed by atoms with E-state index >= 15 is 0 Å². The maximum atomic E-state index is 14.0. The minimum atomic E-state index is -0.387. The number of aromatic nitrogens is 3. The lowest BCUT2D eigenvalue weighted by molar-refractivity contribution is 0.102. The van der Waals surface area contributed by atoms with Gasteiger partial charge in [0.05, 0.1) is 5.69 Å². The molecule has 0 bridgehead atoms. The molecule has 2 aromatic heterocycles. The van der Waals surface area contributed by atoms with Gasteiger partial charge in [-0.25, -0.2) is 14.4 Å². The van der Waals surface area contributed by atoms with Gasteiger partial charge in [0.15, 0.2) is 5.82 Å². The number of nitrogens with zero attached hydrogens (tertiary/aromatic N) is 5. The number of hydrogen-bond acceptors (Lipinski definition) is 7. The van der Waals surface area contributed by atoms with Gasteiger partial charge in [-0.3, -0.25) is 4.79 Å². The summed E-state index contributed by atoms with van der Waals surface area (Å²) >= 11 is 0. The molecule has 4 rings (SSSR count). The monoisotopic (exact) mass is 382 g/mol. The molecule has 3 aromatic rings. The Bertz CT molecular complexity index is 984. The normalized spacial score (nSPS) is 14.2. The van der Waals surface area contributed by atoms with Gasteiger partial charge in [0.1, 0.15) is 17.3 Å². The molecule has 1 amide bonds. The third-order valence-corrected chi connectivity index (χ3v) is 4.50. The maximum Gasteiger partial charge on any atom is 0.275 e. The highest BCUT2D eigenvalue weighted by molar-refractivity contribution is 6.02. The number of piperazine rings is 1. The molecule has 1 N–H and O–H groups in total. The summed E-state index contributed by atoms with van der Waals surface area (Å²) < 4.78 is 18.9. The van der Waals surface area contributed by atoms with Gasteiger partial charge in [-0.1, -0.05) is 17.3 Å². The molecule has 9 heteroatoms. The zero-order chi connectivity index (χ0) is 19.5. The fraction of sp³-hybridized carbons (Fsp3) is 0.263. The van der Waals surface area contributed by atoms with Gasteiger partial charge in [-0.15, -0.1) is 0 Å². The third kappa shape index (κ3) is 3.78. The number of aryl methyl sites for hydroxylation is 1. The molecular formula is C19H19FN6O2. The van der Waals surface area contributed by atoms with E-state index in [1.807, 2.05) is 15.9 Å². The Hall–Kier alpha value is -3.49. The van der Waals surface area contributed by atoms with Crippen molar-refractivity contribution in [3.05, 3.63) is 59.9 Å². The number of para-hydroxylation sites is 1. The van der Waals surface area contributed by atoms with Crippen LogP contribution in [0.25, 0.3) is 0 Å². The largest absolute Gasteiger partial charge is 0.366 e. The summed E-state index contributed by atoms with van der Waals surface area (Å²) in [5, 5.41) is 6.38. The summed E-state index contributed by atoms with van der Waals surface area (Å²) in [7, 11) is 0. The first-order valence-corrected chi connectivity index (χ1v) is 8.92. The first-order chi connectivity index (χ1) is 13.6. The third-order valence-electron chi connectivity index (χ3n) is 4.50. The van der Waals surface area contributed by atoms with Crippen LogP contribution >= 0.6 is 0 Å². The van der Waals surface area contributed by atoms with Crippen molar-refractivity contribution in [1.29, 1.82) is 0 Å². The van der Waals surface area contributed by atoms with Gasteiger partial charge in [-0.05, 0) is 25.1 Å². The highest BCUT2D eigenvalue weighted by Gasteiger charge is 2.22. The van der Waals surface area contributed by atoms with Crippen molar-refractivity contribution in [3.63, 3.8) is 0 Å². The van der Waals surface area contributed by atoms with Gasteiger partial charge < -0.3 is 19.6 Å². The molecule has 0 aliphatic carbocycles. The van der Waals surface area contributed by atoms with E-state index in [-0.39, 0.29) is 17.4 Å². The van der Waals surface area contributed by atoms with E-state index in [1.165, 1.54) is 6.07 Å². The molecule has 1 aliphatic heterocycles. The predicted molar refractivity (Wildman–Crippen MR) is 102 cm³/mol. The summed E-state index contributed by atoms with van der Waals surface area (Å²) in [6.07, 6.45) is 1.55. The van der Waals surface area contributed by atoms with Crippen LogP contribution in [0.4, 0.5) is 21.8 Å². The Morgan fingerprint density at radius 1 is 1.14 bits per heavy atom. The van der Waals surface area contributed by atoms with Crippen LogP contribution in [0.15, 0.2) is 47.1 Å². The van der Waals surface area contributed by atoms with Crippen molar-refractivity contribution in [3.8, 4) is 0 Å². The number of hydrogen-bond donors (Lipinski definition) is 1. The van der Waals surface area contributed by atoms with Gasteiger partial charge in [-0.2, -0.15) is 0 Å². The molecule has 3 heterocycles. The Balaban J connectivity index is 1.42. The lowest BCUT2D eigenvalue weighted by atomic mass is 10.2. The van der Waals surface area contributed by atoms with E-state index in [1.54, 1.807) is 37.4 Å². The Labute approximate surface area is 161 Å². The van der Waals surface area contributed by atoms with Crippen LogP contribution in [0.2, 0.25) is 0 Å². The number of carbonyl (C=O) groups is 1. The second-order valence-corrected chi connectivity index (χ2v) is 6.44. The van der Waals surface area contributed by atoms with Crippen LogP contribution in [-0.2, 0) is 0 Å². The number of carbonyl (C=O) groups excluding carboxylic acids is 1. The van der Waals surface area contributed by atoms with Gasteiger partial charge in [0, 0.05) is 38.4 Å². The minimum absolute atomic E-state index is 0.228. The summed E-state index contributed by atoms with van der Waals surface area (Å²) in [5.74, 6) is 0.792. The topological polar surface area (TPSA) is 87.4 Å². The fourth-order valence-corrected chi connectivity index (χ4v) is 3.09. The van der Waals surface area contributed by atoms with Crippen LogP contribution < -0.4 is 15.1 Å². The maximum absolute atomic E-state index is 14.0. The van der Waals surface area contributed by atoms with Crippen LogP contribution in [0.1, 0.15) is 16.2 Å². The highest BCUT2D eigenvalue weighted by Crippen LogP contribution is 2.21. The summed E-state index contributed by atoms with van der Waals surface area (Å²) in [4.78, 5) is 25.0. The first kappa shape index (κ1) is 17.9. The molecule has 1 aromatic carbocycles. The number of amides is 1. The minimum Gasteiger partial charge on any atom is -0.366 e. The van der Waals surface area contributed by atoms with Crippen molar-refractivity contribution in [2.45, 2.75) is 6.92 Å². The molecule has 1 aliphatic rings. The zero-order valence-electron chi connectivity index (χ0n) is 15.3. The standard InChI is InChI=1S/C19H19FN6O2/c1-13-12-17(24-28-13)23-18(27)15-6-7-21-19(22-15)26-10-8-25(9-11-26)16-5-3-2-4-14(16)20/h2-7,12H,8-11H2,1H3,(H,23,24,27). The van der Waals surface area contributed by atoms with E-state index in [0.717, 1.165) is 0 Å². The number of nitrogens with one attached hydrogen (secondary N) is 1. The SMILES string of the molecule is Cc1cc(NC(=O)c2ccnc(N3CCN(c4ccccc4F)CC3)n2)no1. The van der Waals surface area contributed by atoms with Gasteiger partial charge in [0.2, 0.25) is 5.95 Å². The lowest BCUT2D eigenvalue weighted by Crippen LogP contribution is -2.47. The van der Waals surface area contributed by atoms with Crippen LogP contribution in [0, 0.1) is 12.7 Å². The van der Waals surface area contributed by atoms with E-state index in [9.17, 15) is 9.18 Å². The number of rotatable bonds is 4. The second kappa shape index (κ2) is 7.63.